The van der Waals surface area contributed by atoms with Crippen LogP contribution in [0.5, 0.6) is 0 Å². The van der Waals surface area contributed by atoms with Crippen LogP contribution < -0.4 is 9.80 Å². The highest BCUT2D eigenvalue weighted by atomic mass is 16.4. The number of pyridine rings is 2. The molecular formula is C69H61N5O4. The molecule has 0 fully saturated rings. The van der Waals surface area contributed by atoms with Crippen LogP contribution in [-0.4, -0.2) is 9.97 Å². The van der Waals surface area contributed by atoms with Crippen LogP contribution in [0.2, 0.25) is 0 Å². The number of fused-ring (bicyclic) bond motifs is 12. The standard InChI is InChI=1S/C69H61N5O4/c1-66(2,3)39-29-40(67(4,5)6)32-45(31-39)73(43-21-25-58-51(35-43)47-17-13-15-19-56(47)75-58)60-27-23-49-53-37-54-50-24-28-61(72-65(50)78-63(54)55(38-70)62(53)77-64(49)71-60)74(46-33-41(68(7,8)9)30-42(34-46)69(10,11)12)44-22-26-59-52(36-44)48-18-14-16-20-57(48)76-59/h13-37H,1-12H3. The fourth-order valence-corrected chi connectivity index (χ4v) is 11.0. The normalized spacial score (nSPS) is 12.9. The second kappa shape index (κ2) is 17.1. The second-order valence-corrected chi connectivity index (χ2v) is 25.1. The Hall–Kier alpha value is -8.87. The maximum Gasteiger partial charge on any atom is 0.229 e. The minimum absolute atomic E-state index is 0.132. The van der Waals surface area contributed by atoms with E-state index in [1.54, 1.807) is 0 Å². The summed E-state index contributed by atoms with van der Waals surface area (Å²) in [7, 11) is 0. The van der Waals surface area contributed by atoms with Gasteiger partial charge in [0, 0.05) is 65.8 Å². The van der Waals surface area contributed by atoms with Crippen molar-refractivity contribution >= 4 is 122 Å². The lowest BCUT2D eigenvalue weighted by Crippen LogP contribution is -2.19. The molecule has 0 saturated carbocycles. The Morgan fingerprint density at radius 2 is 0.718 bits per heavy atom. The maximum absolute atomic E-state index is 11.1. The zero-order chi connectivity index (χ0) is 54.4. The minimum Gasteiger partial charge on any atom is -0.456 e. The van der Waals surface area contributed by atoms with Gasteiger partial charge >= 0.3 is 0 Å². The minimum atomic E-state index is -0.132. The van der Waals surface area contributed by atoms with Gasteiger partial charge in [0.2, 0.25) is 11.4 Å². The molecule has 0 saturated heterocycles. The van der Waals surface area contributed by atoms with Crippen LogP contribution in [-0.2, 0) is 21.7 Å². The predicted molar refractivity (Wildman–Crippen MR) is 320 cm³/mol. The number of nitriles is 1. The molecule has 386 valence electrons. The van der Waals surface area contributed by atoms with Gasteiger partial charge in [0.1, 0.15) is 45.6 Å². The van der Waals surface area contributed by atoms with Crippen LogP contribution in [0.15, 0.2) is 169 Å². The van der Waals surface area contributed by atoms with Gasteiger partial charge in [0.15, 0.2) is 11.2 Å². The Labute approximate surface area is 453 Å². The number of rotatable bonds is 6. The molecule has 0 aliphatic rings. The van der Waals surface area contributed by atoms with E-state index in [0.29, 0.717) is 34.2 Å². The number of furan rings is 4. The van der Waals surface area contributed by atoms with E-state index in [1.165, 1.54) is 22.3 Å². The van der Waals surface area contributed by atoms with Crippen molar-refractivity contribution in [3.8, 4) is 6.07 Å². The number of nitrogens with zero attached hydrogens (tertiary/aromatic N) is 5. The van der Waals surface area contributed by atoms with Crippen molar-refractivity contribution in [2.75, 3.05) is 9.80 Å². The summed E-state index contributed by atoms with van der Waals surface area (Å²) in [5.41, 5.74) is 13.3. The van der Waals surface area contributed by atoms with Crippen LogP contribution in [0.4, 0.5) is 34.4 Å². The topological polar surface area (TPSA) is 109 Å². The Morgan fingerprint density at radius 3 is 1.09 bits per heavy atom. The molecule has 0 radical (unpaired) electrons. The third kappa shape index (κ3) is 8.04. The van der Waals surface area contributed by atoms with E-state index in [0.717, 1.165) is 88.2 Å². The number of hydrogen-bond donors (Lipinski definition) is 0. The molecule has 0 unspecified atom stereocenters. The van der Waals surface area contributed by atoms with Crippen molar-refractivity contribution in [2.24, 2.45) is 0 Å². The Kier molecular flexibility index (Phi) is 10.7. The first-order valence-corrected chi connectivity index (χ1v) is 26.8. The largest absolute Gasteiger partial charge is 0.456 e. The summed E-state index contributed by atoms with van der Waals surface area (Å²) in [6, 6.07) is 55.4. The first kappa shape index (κ1) is 48.8. The van der Waals surface area contributed by atoms with E-state index in [4.69, 9.17) is 27.6 Å². The van der Waals surface area contributed by atoms with Crippen LogP contribution in [0.25, 0.3) is 88.0 Å². The van der Waals surface area contributed by atoms with Gasteiger partial charge in [-0.05, 0) is 147 Å². The first-order chi connectivity index (χ1) is 37.1. The first-order valence-electron chi connectivity index (χ1n) is 26.8. The monoisotopic (exact) mass is 1020 g/mol. The maximum atomic E-state index is 11.1. The fourth-order valence-electron chi connectivity index (χ4n) is 11.0. The molecule has 0 aliphatic carbocycles. The molecule has 6 heterocycles. The third-order valence-electron chi connectivity index (χ3n) is 15.5. The van der Waals surface area contributed by atoms with Crippen molar-refractivity contribution < 1.29 is 17.7 Å². The fraction of sp³-hybridized carbons (Fsp3) is 0.232. The van der Waals surface area contributed by atoms with E-state index in [9.17, 15) is 5.26 Å². The highest BCUT2D eigenvalue weighted by Crippen LogP contribution is 2.47. The summed E-state index contributed by atoms with van der Waals surface area (Å²) in [6.45, 7) is 27.0. The third-order valence-corrected chi connectivity index (χ3v) is 15.5. The number of anilines is 6. The van der Waals surface area contributed by atoms with Gasteiger partial charge in [-0.2, -0.15) is 15.2 Å². The van der Waals surface area contributed by atoms with Gasteiger partial charge in [0.25, 0.3) is 0 Å². The van der Waals surface area contributed by atoms with Crippen LogP contribution in [0, 0.1) is 11.3 Å². The van der Waals surface area contributed by atoms with E-state index in [-0.39, 0.29) is 27.2 Å². The molecule has 78 heavy (non-hydrogen) atoms. The number of benzene rings is 7. The molecule has 9 heteroatoms. The van der Waals surface area contributed by atoms with Gasteiger partial charge < -0.3 is 17.7 Å². The van der Waals surface area contributed by atoms with Crippen molar-refractivity contribution in [1.29, 1.82) is 5.26 Å². The van der Waals surface area contributed by atoms with E-state index in [1.807, 2.05) is 60.7 Å². The average molecular weight is 1020 g/mol. The number of hydrogen-bond acceptors (Lipinski definition) is 9. The lowest BCUT2D eigenvalue weighted by atomic mass is 9.80. The van der Waals surface area contributed by atoms with Gasteiger partial charge in [-0.1, -0.05) is 132 Å². The lowest BCUT2D eigenvalue weighted by molar-refractivity contribution is 0.568. The van der Waals surface area contributed by atoms with Crippen molar-refractivity contribution in [3.63, 3.8) is 0 Å². The Bertz CT molecular complexity index is 4290. The highest BCUT2D eigenvalue weighted by molar-refractivity contribution is 6.17. The summed E-state index contributed by atoms with van der Waals surface area (Å²) in [4.78, 5) is 15.1. The molecule has 0 N–H and O–H groups in total. The van der Waals surface area contributed by atoms with Crippen LogP contribution in [0.1, 0.15) is 111 Å². The molecule has 0 aliphatic heterocycles. The molecule has 9 nitrogen and oxygen atoms in total. The molecule has 13 aromatic rings. The summed E-state index contributed by atoms with van der Waals surface area (Å²) in [5, 5.41) is 18.3. The van der Waals surface area contributed by atoms with Crippen molar-refractivity contribution in [3.05, 3.63) is 179 Å². The van der Waals surface area contributed by atoms with Crippen molar-refractivity contribution in [1.82, 2.24) is 9.97 Å². The van der Waals surface area contributed by atoms with Crippen molar-refractivity contribution in [2.45, 2.75) is 105 Å². The SMILES string of the molecule is CC(C)(C)c1cc(N(c2ccc3oc4ccccc4c3c2)c2ccc3c(n2)oc2c(C#N)c4oc5nc(N(c6cc(C(C)(C)C)cc(C(C)(C)C)c6)c6ccc7oc8ccccc8c7c6)ccc5c4cc23)cc(C(C)(C)C)c1. The summed E-state index contributed by atoms with van der Waals surface area (Å²) < 4.78 is 26.1. The van der Waals surface area contributed by atoms with Crippen LogP contribution in [0.3, 0.4) is 0 Å². The lowest BCUT2D eigenvalue weighted by Gasteiger charge is -2.30. The summed E-state index contributed by atoms with van der Waals surface area (Å²) >= 11 is 0. The highest BCUT2D eigenvalue weighted by Gasteiger charge is 2.29. The zero-order valence-electron chi connectivity index (χ0n) is 46.3. The van der Waals surface area contributed by atoms with E-state index >= 15 is 0 Å². The van der Waals surface area contributed by atoms with E-state index < -0.39 is 0 Å². The Balaban J connectivity index is 0.980. The molecule has 0 spiro atoms. The van der Waals surface area contributed by atoms with Crippen LogP contribution >= 0.6 is 0 Å². The average Bonchev–Trinajstić information content (AvgIpc) is 4.33. The number of aromatic nitrogens is 2. The molecule has 6 aromatic heterocycles. The number of para-hydroxylation sites is 2. The molecule has 13 rings (SSSR count). The molecular weight excluding hydrogens is 963 g/mol. The molecule has 0 bridgehead atoms. The molecule has 0 atom stereocenters. The van der Waals surface area contributed by atoms with E-state index in [2.05, 4.69) is 190 Å². The van der Waals surface area contributed by atoms with Gasteiger partial charge in [-0.3, -0.25) is 9.80 Å². The van der Waals surface area contributed by atoms with Gasteiger partial charge in [-0.15, -0.1) is 0 Å². The summed E-state index contributed by atoms with van der Waals surface area (Å²) in [6.07, 6.45) is 0. The summed E-state index contributed by atoms with van der Waals surface area (Å²) in [5.74, 6) is 1.33. The van der Waals surface area contributed by atoms with Gasteiger partial charge in [0.05, 0.1) is 0 Å². The Morgan fingerprint density at radius 1 is 0.346 bits per heavy atom. The zero-order valence-corrected chi connectivity index (χ0v) is 46.3. The smallest absolute Gasteiger partial charge is 0.229 e. The predicted octanol–water partition coefficient (Wildman–Crippen LogP) is 20.1. The molecule has 7 aromatic carbocycles. The van der Waals surface area contributed by atoms with Gasteiger partial charge in [-0.25, -0.2) is 0 Å². The second-order valence-electron chi connectivity index (χ2n) is 25.1. The molecule has 0 amide bonds. The quantitative estimate of drug-likeness (QED) is 0.161.